The maximum atomic E-state index is 11.3. The van der Waals surface area contributed by atoms with E-state index in [2.05, 4.69) is 17.3 Å². The molecule has 3 rings (SSSR count). The van der Waals surface area contributed by atoms with Gasteiger partial charge in [-0.15, -0.1) is 0 Å². The average Bonchev–Trinajstić information content (AvgIpc) is 2.64. The van der Waals surface area contributed by atoms with E-state index in [1.54, 1.807) is 6.07 Å². The molecular weight excluding hydrogens is 266 g/mol. The van der Waals surface area contributed by atoms with Crippen molar-refractivity contribution in [3.8, 4) is 0 Å². The van der Waals surface area contributed by atoms with E-state index in [4.69, 9.17) is 0 Å². The molecule has 0 amide bonds. The van der Waals surface area contributed by atoms with Gasteiger partial charge in [0.25, 0.3) is 5.69 Å². The molecule has 1 aromatic carbocycles. The van der Waals surface area contributed by atoms with Gasteiger partial charge in [-0.25, -0.2) is 0 Å². The molecule has 2 fully saturated rings. The highest BCUT2D eigenvalue weighted by atomic mass is 16.6. The summed E-state index contributed by atoms with van der Waals surface area (Å²) in [5.74, 6) is 0. The lowest BCUT2D eigenvalue weighted by atomic mass is 9.97. The van der Waals surface area contributed by atoms with Gasteiger partial charge in [-0.2, -0.15) is 0 Å². The lowest BCUT2D eigenvalue weighted by Crippen LogP contribution is -2.44. The molecule has 2 unspecified atom stereocenters. The number of nitro groups is 1. The summed E-state index contributed by atoms with van der Waals surface area (Å²) in [5.41, 5.74) is 2.94. The summed E-state index contributed by atoms with van der Waals surface area (Å²) in [6.07, 6.45) is 4.68. The van der Waals surface area contributed by atoms with E-state index in [9.17, 15) is 10.1 Å². The Morgan fingerprint density at radius 3 is 2.33 bits per heavy atom. The van der Waals surface area contributed by atoms with E-state index in [0.717, 1.165) is 24.0 Å². The Hall–Kier alpha value is -1.62. The lowest BCUT2D eigenvalue weighted by molar-refractivity contribution is -0.384. The van der Waals surface area contributed by atoms with E-state index in [1.165, 1.54) is 12.8 Å². The molecule has 0 aromatic heterocycles. The number of rotatable bonds is 3. The molecule has 0 saturated carbocycles. The van der Waals surface area contributed by atoms with Crippen LogP contribution in [0.15, 0.2) is 12.1 Å². The van der Waals surface area contributed by atoms with Crippen molar-refractivity contribution in [2.75, 3.05) is 12.4 Å². The van der Waals surface area contributed by atoms with Crippen LogP contribution in [0.3, 0.4) is 0 Å². The third kappa shape index (κ3) is 2.62. The molecule has 2 saturated heterocycles. The average molecular weight is 289 g/mol. The molecule has 0 aliphatic carbocycles. The number of hydrogen-bond donors (Lipinski definition) is 1. The van der Waals surface area contributed by atoms with Gasteiger partial charge in [0, 0.05) is 24.2 Å². The molecule has 2 aliphatic heterocycles. The minimum absolute atomic E-state index is 0.198. The van der Waals surface area contributed by atoms with Crippen LogP contribution >= 0.6 is 0 Å². The van der Waals surface area contributed by atoms with Crippen molar-refractivity contribution >= 4 is 11.4 Å². The van der Waals surface area contributed by atoms with Gasteiger partial charge in [-0.3, -0.25) is 10.1 Å². The normalized spacial score (nSPS) is 28.6. The number of anilines is 1. The van der Waals surface area contributed by atoms with Crippen molar-refractivity contribution in [3.05, 3.63) is 33.4 Å². The number of piperidine rings is 1. The van der Waals surface area contributed by atoms with Gasteiger partial charge >= 0.3 is 0 Å². The molecule has 2 heterocycles. The third-order valence-electron chi connectivity index (χ3n) is 5.27. The Balaban J connectivity index is 1.82. The Morgan fingerprint density at radius 2 is 1.76 bits per heavy atom. The molecule has 2 aliphatic rings. The SMILES string of the molecule is Cc1cc(NC2CC3CCC(C2)N3C)c([N+](=O)[O-])cc1C. The second-order valence-corrected chi connectivity index (χ2v) is 6.57. The monoisotopic (exact) mass is 289 g/mol. The highest BCUT2D eigenvalue weighted by Gasteiger charge is 2.38. The highest BCUT2D eigenvalue weighted by Crippen LogP contribution is 2.37. The van der Waals surface area contributed by atoms with E-state index >= 15 is 0 Å². The predicted molar refractivity (Wildman–Crippen MR) is 83.8 cm³/mol. The minimum atomic E-state index is -0.279. The largest absolute Gasteiger partial charge is 0.377 e. The fraction of sp³-hybridized carbons (Fsp3) is 0.625. The van der Waals surface area contributed by atoms with Crippen molar-refractivity contribution in [2.24, 2.45) is 0 Å². The summed E-state index contributed by atoms with van der Waals surface area (Å²) in [6, 6.07) is 5.22. The third-order valence-corrected chi connectivity index (χ3v) is 5.27. The van der Waals surface area contributed by atoms with E-state index in [1.807, 2.05) is 19.9 Å². The summed E-state index contributed by atoms with van der Waals surface area (Å²) < 4.78 is 0. The van der Waals surface area contributed by atoms with Gasteiger partial charge in [-0.05, 0) is 63.8 Å². The highest BCUT2D eigenvalue weighted by molar-refractivity contribution is 5.65. The maximum Gasteiger partial charge on any atom is 0.292 e. The van der Waals surface area contributed by atoms with Gasteiger partial charge < -0.3 is 10.2 Å². The number of nitro benzene ring substituents is 1. The Labute approximate surface area is 125 Å². The molecule has 1 N–H and O–H groups in total. The van der Waals surface area contributed by atoms with E-state index in [-0.39, 0.29) is 10.6 Å². The Bertz CT molecular complexity index is 559. The van der Waals surface area contributed by atoms with Crippen LogP contribution in [0.25, 0.3) is 0 Å². The number of nitrogens with one attached hydrogen (secondary N) is 1. The fourth-order valence-corrected chi connectivity index (χ4v) is 3.82. The van der Waals surface area contributed by atoms with E-state index in [0.29, 0.717) is 23.8 Å². The molecule has 5 heteroatoms. The molecular formula is C16H23N3O2. The first-order chi connectivity index (χ1) is 9.95. The standard InChI is InChI=1S/C16H23N3O2/c1-10-6-15(16(19(20)21)7-11(10)2)17-12-8-13-4-5-14(9-12)18(13)3/h6-7,12-14,17H,4-5,8-9H2,1-3H3. The second-order valence-electron chi connectivity index (χ2n) is 6.57. The number of aryl methyl sites for hydroxylation is 2. The molecule has 2 bridgehead atoms. The zero-order chi connectivity index (χ0) is 15.1. The molecule has 5 nitrogen and oxygen atoms in total. The first-order valence-electron chi connectivity index (χ1n) is 7.70. The zero-order valence-electron chi connectivity index (χ0n) is 12.9. The summed E-state index contributed by atoms with van der Waals surface area (Å²) in [5, 5.41) is 14.7. The lowest BCUT2D eigenvalue weighted by Gasteiger charge is -2.37. The summed E-state index contributed by atoms with van der Waals surface area (Å²) in [7, 11) is 2.21. The van der Waals surface area contributed by atoms with Gasteiger partial charge in [0.1, 0.15) is 5.69 Å². The Morgan fingerprint density at radius 1 is 1.19 bits per heavy atom. The molecule has 1 aromatic rings. The van der Waals surface area contributed by atoms with Gasteiger partial charge in [0.05, 0.1) is 4.92 Å². The fourth-order valence-electron chi connectivity index (χ4n) is 3.82. The molecule has 114 valence electrons. The molecule has 0 spiro atoms. The smallest absolute Gasteiger partial charge is 0.292 e. The topological polar surface area (TPSA) is 58.4 Å². The Kier molecular flexibility index (Phi) is 3.61. The van der Waals surface area contributed by atoms with Gasteiger partial charge in [0.2, 0.25) is 0 Å². The molecule has 21 heavy (non-hydrogen) atoms. The van der Waals surface area contributed by atoms with E-state index < -0.39 is 0 Å². The van der Waals surface area contributed by atoms with Crippen molar-refractivity contribution in [3.63, 3.8) is 0 Å². The maximum absolute atomic E-state index is 11.3. The van der Waals surface area contributed by atoms with Crippen molar-refractivity contribution in [2.45, 2.75) is 57.7 Å². The van der Waals surface area contributed by atoms with Crippen LogP contribution in [0, 0.1) is 24.0 Å². The summed E-state index contributed by atoms with van der Waals surface area (Å²) in [4.78, 5) is 13.5. The van der Waals surface area contributed by atoms with Crippen LogP contribution in [0.2, 0.25) is 0 Å². The molecule has 2 atom stereocenters. The van der Waals surface area contributed by atoms with Crippen LogP contribution < -0.4 is 5.32 Å². The van der Waals surface area contributed by atoms with Gasteiger partial charge in [-0.1, -0.05) is 0 Å². The number of nitrogens with zero attached hydrogens (tertiary/aromatic N) is 2. The van der Waals surface area contributed by atoms with Crippen molar-refractivity contribution in [1.29, 1.82) is 0 Å². The first-order valence-corrected chi connectivity index (χ1v) is 7.70. The second kappa shape index (κ2) is 5.30. The predicted octanol–water partition coefficient (Wildman–Crippen LogP) is 3.25. The van der Waals surface area contributed by atoms with Crippen molar-refractivity contribution in [1.82, 2.24) is 4.90 Å². The van der Waals surface area contributed by atoms with Crippen molar-refractivity contribution < 1.29 is 4.92 Å². The quantitative estimate of drug-likeness (QED) is 0.685. The zero-order valence-corrected chi connectivity index (χ0v) is 12.9. The van der Waals surface area contributed by atoms with Crippen LogP contribution in [-0.2, 0) is 0 Å². The van der Waals surface area contributed by atoms with Crippen LogP contribution in [0.4, 0.5) is 11.4 Å². The summed E-state index contributed by atoms with van der Waals surface area (Å²) >= 11 is 0. The first kappa shape index (κ1) is 14.3. The number of hydrogen-bond acceptors (Lipinski definition) is 4. The van der Waals surface area contributed by atoms with Crippen LogP contribution in [0.5, 0.6) is 0 Å². The number of benzene rings is 1. The molecule has 0 radical (unpaired) electrons. The number of fused-ring (bicyclic) bond motifs is 2. The minimum Gasteiger partial charge on any atom is -0.377 e. The van der Waals surface area contributed by atoms with Crippen LogP contribution in [-0.4, -0.2) is 35.0 Å². The van der Waals surface area contributed by atoms with Gasteiger partial charge in [0.15, 0.2) is 0 Å². The summed E-state index contributed by atoms with van der Waals surface area (Å²) in [6.45, 7) is 3.92. The van der Waals surface area contributed by atoms with Crippen LogP contribution in [0.1, 0.15) is 36.8 Å².